The highest BCUT2D eigenvalue weighted by molar-refractivity contribution is 5.84. The van der Waals surface area contributed by atoms with E-state index in [0.717, 1.165) is 0 Å². The van der Waals surface area contributed by atoms with Crippen molar-refractivity contribution in [1.29, 1.82) is 0 Å². The molecule has 0 fully saturated rings. The number of carbonyl (C=O) groups excluding carboxylic acids is 2. The predicted octanol–water partition coefficient (Wildman–Crippen LogP) is -1.62. The van der Waals surface area contributed by atoms with Gasteiger partial charge < -0.3 is 16.6 Å². The third-order valence-electron chi connectivity index (χ3n) is 0.801. The maximum Gasteiger partial charge on any atom is 0.354 e. The Labute approximate surface area is 84.9 Å². The molecule has 0 radical (unpaired) electrons. The Morgan fingerprint density at radius 2 is 1.80 bits per heavy atom. The first kappa shape index (κ1) is 15.0. The zero-order chi connectivity index (χ0) is 12.1. The lowest BCUT2D eigenvalue weighted by atomic mass is 10.4. The van der Waals surface area contributed by atoms with E-state index in [1.54, 1.807) is 0 Å². The first-order valence-corrected chi connectivity index (χ1v) is 3.44. The van der Waals surface area contributed by atoms with Gasteiger partial charge in [-0.1, -0.05) is 0 Å². The van der Waals surface area contributed by atoms with E-state index in [0.29, 0.717) is 0 Å². The lowest BCUT2D eigenvalue weighted by Gasteiger charge is -1.86. The van der Waals surface area contributed by atoms with Crippen LogP contribution in [0.1, 0.15) is 10.5 Å². The van der Waals surface area contributed by atoms with Crippen molar-refractivity contribution in [3.63, 3.8) is 0 Å². The number of hydrogen-bond donors (Lipinski definition) is 3. The van der Waals surface area contributed by atoms with E-state index in [-0.39, 0.29) is 18.5 Å². The molecule has 0 bridgehead atoms. The number of carbonyl (C=O) groups is 3. The van der Waals surface area contributed by atoms with Crippen LogP contribution in [0.3, 0.4) is 0 Å². The van der Waals surface area contributed by atoms with E-state index >= 15 is 0 Å². The molecule has 0 saturated carbocycles. The minimum atomic E-state index is -1.03. The monoisotopic (exact) mass is 214 g/mol. The molecule has 0 saturated heterocycles. The van der Waals surface area contributed by atoms with Crippen LogP contribution in [0.4, 0.5) is 0 Å². The standard InChI is InChI=1S/C5H4N2O2.2CH3NO/c8-5(9)4-1-2-6-3-7-4;2*2-1-3/h1-3H,(H,8,9);2*1H,(H2,2,3). The summed E-state index contributed by atoms with van der Waals surface area (Å²) in [5.74, 6) is -1.03. The number of amides is 2. The number of carboxylic acids is 1. The van der Waals surface area contributed by atoms with Gasteiger partial charge in [0.2, 0.25) is 12.8 Å². The largest absolute Gasteiger partial charge is 0.477 e. The lowest BCUT2D eigenvalue weighted by Crippen LogP contribution is -1.98. The average molecular weight is 214 g/mol. The van der Waals surface area contributed by atoms with E-state index in [4.69, 9.17) is 14.7 Å². The van der Waals surface area contributed by atoms with E-state index in [9.17, 15) is 4.79 Å². The molecule has 1 aromatic rings. The summed E-state index contributed by atoms with van der Waals surface area (Å²) in [6, 6.07) is 1.34. The van der Waals surface area contributed by atoms with Gasteiger partial charge in [-0.25, -0.2) is 14.8 Å². The van der Waals surface area contributed by atoms with Crippen LogP contribution in [0.2, 0.25) is 0 Å². The number of rotatable bonds is 1. The summed E-state index contributed by atoms with van der Waals surface area (Å²) in [4.78, 5) is 34.3. The second-order valence-electron chi connectivity index (χ2n) is 1.67. The average Bonchev–Trinajstić information content (AvgIpc) is 2.21. The van der Waals surface area contributed by atoms with Crippen molar-refractivity contribution < 1.29 is 19.5 Å². The Kier molecular flexibility index (Phi) is 11.5. The Hall–Kier alpha value is -2.51. The van der Waals surface area contributed by atoms with Gasteiger partial charge >= 0.3 is 5.97 Å². The summed E-state index contributed by atoms with van der Waals surface area (Å²) >= 11 is 0. The quantitative estimate of drug-likeness (QED) is 0.478. The van der Waals surface area contributed by atoms with Crippen molar-refractivity contribution in [2.75, 3.05) is 0 Å². The molecule has 0 aromatic carbocycles. The third-order valence-corrected chi connectivity index (χ3v) is 0.801. The van der Waals surface area contributed by atoms with Crippen molar-refractivity contribution in [3.05, 3.63) is 24.3 Å². The van der Waals surface area contributed by atoms with Gasteiger partial charge in [-0.15, -0.1) is 0 Å². The topological polar surface area (TPSA) is 149 Å². The van der Waals surface area contributed by atoms with Gasteiger partial charge in [-0.3, -0.25) is 9.59 Å². The van der Waals surface area contributed by atoms with Gasteiger partial charge in [-0.2, -0.15) is 0 Å². The highest BCUT2D eigenvalue weighted by Gasteiger charge is 1.99. The number of aromatic nitrogens is 2. The Morgan fingerprint density at radius 3 is 2.00 bits per heavy atom. The maximum absolute atomic E-state index is 10.1. The van der Waals surface area contributed by atoms with Crippen molar-refractivity contribution in [2.45, 2.75) is 0 Å². The van der Waals surface area contributed by atoms with Crippen LogP contribution in [-0.4, -0.2) is 33.9 Å². The lowest BCUT2D eigenvalue weighted by molar-refractivity contribution is -0.107. The minimum absolute atomic E-state index is 0.0185. The minimum Gasteiger partial charge on any atom is -0.477 e. The number of carboxylic acid groups (broad SMARTS) is 1. The molecule has 82 valence electrons. The van der Waals surface area contributed by atoms with E-state index < -0.39 is 5.97 Å². The normalized spacial score (nSPS) is 6.93. The molecule has 8 heteroatoms. The van der Waals surface area contributed by atoms with Crippen molar-refractivity contribution in [3.8, 4) is 0 Å². The van der Waals surface area contributed by atoms with Gasteiger partial charge in [0.1, 0.15) is 6.33 Å². The van der Waals surface area contributed by atoms with Crippen LogP contribution in [0.5, 0.6) is 0 Å². The number of nitrogens with zero attached hydrogens (tertiary/aromatic N) is 2. The van der Waals surface area contributed by atoms with Crippen LogP contribution in [0.15, 0.2) is 18.6 Å². The van der Waals surface area contributed by atoms with Crippen LogP contribution in [0.25, 0.3) is 0 Å². The summed E-state index contributed by atoms with van der Waals surface area (Å²) < 4.78 is 0. The Morgan fingerprint density at radius 1 is 1.33 bits per heavy atom. The van der Waals surface area contributed by atoms with Gasteiger partial charge in [0.05, 0.1) is 0 Å². The van der Waals surface area contributed by atoms with E-state index in [2.05, 4.69) is 21.4 Å². The summed E-state index contributed by atoms with van der Waals surface area (Å²) in [5, 5.41) is 8.29. The first-order chi connectivity index (χ1) is 7.13. The predicted molar refractivity (Wildman–Crippen MR) is 49.5 cm³/mol. The second kappa shape index (κ2) is 11.5. The fraction of sp³-hybridized carbons (Fsp3) is 0. The molecule has 2 amide bonds. The molecule has 1 rings (SSSR count). The van der Waals surface area contributed by atoms with Gasteiger partial charge in [-0.05, 0) is 6.07 Å². The molecule has 1 heterocycles. The summed E-state index contributed by atoms with van der Waals surface area (Å²) in [6.07, 6.45) is 3.08. The molecule has 0 aliphatic rings. The second-order valence-corrected chi connectivity index (χ2v) is 1.67. The van der Waals surface area contributed by atoms with Crippen LogP contribution in [-0.2, 0) is 9.59 Å². The molecule has 8 nitrogen and oxygen atoms in total. The van der Waals surface area contributed by atoms with Crippen molar-refractivity contribution >= 4 is 18.8 Å². The summed E-state index contributed by atoms with van der Waals surface area (Å²) in [7, 11) is 0. The van der Waals surface area contributed by atoms with Crippen LogP contribution in [0, 0.1) is 0 Å². The SMILES string of the molecule is NC=O.NC=O.O=C(O)c1ccncn1. The zero-order valence-electron chi connectivity index (χ0n) is 7.61. The summed E-state index contributed by atoms with van der Waals surface area (Å²) in [5.41, 5.74) is 8.35. The molecule has 0 spiro atoms. The van der Waals surface area contributed by atoms with E-state index in [1.807, 2.05) is 0 Å². The maximum atomic E-state index is 10.1. The van der Waals surface area contributed by atoms with Crippen LogP contribution >= 0.6 is 0 Å². The molecule has 15 heavy (non-hydrogen) atoms. The van der Waals surface area contributed by atoms with Crippen molar-refractivity contribution in [1.82, 2.24) is 9.97 Å². The molecule has 0 unspecified atom stereocenters. The number of primary amides is 2. The highest BCUT2D eigenvalue weighted by Crippen LogP contribution is 1.87. The molecule has 0 aliphatic carbocycles. The fourth-order valence-corrected chi connectivity index (χ4v) is 0.417. The Balaban J connectivity index is 0. The molecular weight excluding hydrogens is 204 g/mol. The first-order valence-electron chi connectivity index (χ1n) is 3.44. The zero-order valence-corrected chi connectivity index (χ0v) is 7.61. The number of hydrogen-bond acceptors (Lipinski definition) is 5. The summed E-state index contributed by atoms with van der Waals surface area (Å²) in [6.45, 7) is 0. The van der Waals surface area contributed by atoms with Gasteiger partial charge in [0.15, 0.2) is 5.69 Å². The van der Waals surface area contributed by atoms with Crippen molar-refractivity contribution in [2.24, 2.45) is 11.5 Å². The molecule has 5 N–H and O–H groups in total. The smallest absolute Gasteiger partial charge is 0.354 e. The number of nitrogens with two attached hydrogens (primary N) is 2. The third kappa shape index (κ3) is 11.5. The Bertz CT molecular complexity index is 284. The van der Waals surface area contributed by atoms with Gasteiger partial charge in [0.25, 0.3) is 0 Å². The molecular formula is C7H10N4O4. The highest BCUT2D eigenvalue weighted by atomic mass is 16.4. The van der Waals surface area contributed by atoms with E-state index in [1.165, 1.54) is 18.6 Å². The molecule has 0 atom stereocenters. The molecule has 0 aliphatic heterocycles. The van der Waals surface area contributed by atoms with Gasteiger partial charge in [0, 0.05) is 6.20 Å². The van der Waals surface area contributed by atoms with Crippen LogP contribution < -0.4 is 11.5 Å². The fourth-order valence-electron chi connectivity index (χ4n) is 0.417. The number of aromatic carboxylic acids is 1. The molecule has 1 aromatic heterocycles.